The zero-order chi connectivity index (χ0) is 20.5. The summed E-state index contributed by atoms with van der Waals surface area (Å²) in [5.41, 5.74) is 1.93. The van der Waals surface area contributed by atoms with Crippen LogP contribution in [0.4, 0.5) is 0 Å². The van der Waals surface area contributed by atoms with Gasteiger partial charge in [-0.25, -0.2) is 9.48 Å². The van der Waals surface area contributed by atoms with Crippen LogP contribution < -0.4 is 5.69 Å². The van der Waals surface area contributed by atoms with E-state index in [9.17, 15) is 4.79 Å². The van der Waals surface area contributed by atoms with Crippen LogP contribution in [0.1, 0.15) is 82.2 Å². The first kappa shape index (κ1) is 19.5. The van der Waals surface area contributed by atoms with Gasteiger partial charge in [0.25, 0.3) is 0 Å². The molecule has 1 N–H and O–H groups in total. The number of piperidine rings is 1. The van der Waals surface area contributed by atoms with Gasteiger partial charge in [0.2, 0.25) is 0 Å². The summed E-state index contributed by atoms with van der Waals surface area (Å²) in [6.45, 7) is 4.13. The van der Waals surface area contributed by atoms with Gasteiger partial charge < -0.3 is 4.98 Å². The highest BCUT2D eigenvalue weighted by molar-refractivity contribution is 5.75. The SMILES string of the molecule is CCC(c1nnnn1C1CCCCC1)N1CCC(n2c(=O)[nH]c3ccccc32)CC1. The molecule has 2 aromatic heterocycles. The summed E-state index contributed by atoms with van der Waals surface area (Å²) < 4.78 is 4.07. The lowest BCUT2D eigenvalue weighted by atomic mass is 9.95. The van der Waals surface area contributed by atoms with E-state index in [1.54, 1.807) is 0 Å². The zero-order valence-electron chi connectivity index (χ0n) is 17.7. The first-order chi connectivity index (χ1) is 14.8. The Kier molecular flexibility index (Phi) is 5.41. The summed E-state index contributed by atoms with van der Waals surface area (Å²) in [5.74, 6) is 1.02. The number of fused-ring (bicyclic) bond motifs is 1. The molecule has 1 aliphatic heterocycles. The Morgan fingerprint density at radius 1 is 1.07 bits per heavy atom. The molecule has 0 amide bonds. The Balaban J connectivity index is 1.33. The van der Waals surface area contributed by atoms with E-state index in [-0.39, 0.29) is 17.8 Å². The fourth-order valence-corrected chi connectivity index (χ4v) is 5.50. The van der Waals surface area contributed by atoms with Crippen LogP contribution in [0.15, 0.2) is 29.1 Å². The van der Waals surface area contributed by atoms with Crippen LogP contribution in [0.3, 0.4) is 0 Å². The number of likely N-dealkylation sites (tertiary alicyclic amines) is 1. The van der Waals surface area contributed by atoms with E-state index in [1.165, 1.54) is 32.1 Å². The minimum Gasteiger partial charge on any atom is -0.306 e. The average molecular weight is 410 g/mol. The van der Waals surface area contributed by atoms with Gasteiger partial charge in [0, 0.05) is 19.1 Å². The van der Waals surface area contributed by atoms with Crippen molar-refractivity contribution < 1.29 is 0 Å². The van der Waals surface area contributed by atoms with Crippen LogP contribution in [0, 0.1) is 0 Å². The van der Waals surface area contributed by atoms with Crippen LogP contribution in [-0.2, 0) is 0 Å². The molecule has 8 nitrogen and oxygen atoms in total. The van der Waals surface area contributed by atoms with Crippen molar-refractivity contribution in [2.75, 3.05) is 13.1 Å². The molecule has 2 fully saturated rings. The molecule has 1 atom stereocenters. The third-order valence-corrected chi connectivity index (χ3v) is 7.05. The van der Waals surface area contributed by atoms with Crippen LogP contribution in [-0.4, -0.2) is 47.7 Å². The van der Waals surface area contributed by atoms with Crippen molar-refractivity contribution in [2.24, 2.45) is 0 Å². The van der Waals surface area contributed by atoms with Gasteiger partial charge in [0.15, 0.2) is 5.82 Å². The molecular weight excluding hydrogens is 378 g/mol. The summed E-state index contributed by atoms with van der Waals surface area (Å²) in [5, 5.41) is 12.9. The van der Waals surface area contributed by atoms with Crippen LogP contribution >= 0.6 is 0 Å². The van der Waals surface area contributed by atoms with E-state index in [0.717, 1.165) is 49.2 Å². The van der Waals surface area contributed by atoms with Crippen LogP contribution in [0.5, 0.6) is 0 Å². The number of para-hydroxylation sites is 2. The molecule has 1 saturated carbocycles. The molecule has 0 spiro atoms. The first-order valence-electron chi connectivity index (χ1n) is 11.5. The number of imidazole rings is 1. The maximum Gasteiger partial charge on any atom is 0.326 e. The Hall–Kier alpha value is -2.48. The molecule has 1 aromatic carbocycles. The molecule has 0 radical (unpaired) electrons. The minimum absolute atomic E-state index is 0.00272. The summed E-state index contributed by atoms with van der Waals surface area (Å²) in [6.07, 6.45) is 9.14. The molecule has 1 saturated heterocycles. The van der Waals surface area contributed by atoms with Gasteiger partial charge in [-0.05, 0) is 54.7 Å². The monoisotopic (exact) mass is 409 g/mol. The number of H-pyrrole nitrogens is 1. The number of aromatic nitrogens is 6. The molecular formula is C22H31N7O. The normalized spacial score (nSPS) is 20.7. The van der Waals surface area contributed by atoms with Crippen LogP contribution in [0.2, 0.25) is 0 Å². The van der Waals surface area contributed by atoms with Crippen molar-refractivity contribution in [1.29, 1.82) is 0 Å². The molecule has 3 aromatic rings. The van der Waals surface area contributed by atoms with Gasteiger partial charge in [-0.15, -0.1) is 5.10 Å². The number of benzene rings is 1. The molecule has 30 heavy (non-hydrogen) atoms. The van der Waals surface area contributed by atoms with Crippen LogP contribution in [0.25, 0.3) is 11.0 Å². The van der Waals surface area contributed by atoms with Gasteiger partial charge in [-0.1, -0.05) is 38.3 Å². The molecule has 160 valence electrons. The van der Waals surface area contributed by atoms with Gasteiger partial charge in [0.05, 0.1) is 23.1 Å². The summed E-state index contributed by atoms with van der Waals surface area (Å²) >= 11 is 0. The number of nitrogens with one attached hydrogen (secondary N) is 1. The number of nitrogens with zero attached hydrogens (tertiary/aromatic N) is 6. The topological polar surface area (TPSA) is 84.6 Å². The fraction of sp³-hybridized carbons (Fsp3) is 0.636. The van der Waals surface area contributed by atoms with Crippen molar-refractivity contribution in [3.8, 4) is 0 Å². The minimum atomic E-state index is 0.00272. The number of tetrazole rings is 1. The van der Waals surface area contributed by atoms with E-state index < -0.39 is 0 Å². The van der Waals surface area contributed by atoms with Crippen molar-refractivity contribution in [1.82, 2.24) is 34.7 Å². The van der Waals surface area contributed by atoms with Gasteiger partial charge in [0.1, 0.15) is 0 Å². The Morgan fingerprint density at radius 3 is 2.60 bits per heavy atom. The zero-order valence-corrected chi connectivity index (χ0v) is 17.7. The highest BCUT2D eigenvalue weighted by Gasteiger charge is 2.32. The molecule has 1 aliphatic carbocycles. The number of hydrogen-bond acceptors (Lipinski definition) is 5. The number of aromatic amines is 1. The third kappa shape index (κ3) is 3.47. The second-order valence-electron chi connectivity index (χ2n) is 8.78. The van der Waals surface area contributed by atoms with E-state index in [2.05, 4.69) is 37.0 Å². The lowest BCUT2D eigenvalue weighted by Crippen LogP contribution is -2.40. The molecule has 5 rings (SSSR count). The number of hydrogen-bond donors (Lipinski definition) is 1. The number of rotatable bonds is 5. The van der Waals surface area contributed by atoms with Gasteiger partial charge in [-0.2, -0.15) is 0 Å². The average Bonchev–Trinajstić information content (AvgIpc) is 3.39. The second-order valence-corrected chi connectivity index (χ2v) is 8.78. The second kappa shape index (κ2) is 8.34. The molecule has 2 aliphatic rings. The summed E-state index contributed by atoms with van der Waals surface area (Å²) in [7, 11) is 0. The predicted molar refractivity (Wildman–Crippen MR) is 115 cm³/mol. The van der Waals surface area contributed by atoms with Crippen molar-refractivity contribution >= 4 is 11.0 Å². The molecule has 0 bridgehead atoms. The highest BCUT2D eigenvalue weighted by Crippen LogP contribution is 2.34. The lowest BCUT2D eigenvalue weighted by Gasteiger charge is -2.37. The largest absolute Gasteiger partial charge is 0.326 e. The lowest BCUT2D eigenvalue weighted by molar-refractivity contribution is 0.120. The quantitative estimate of drug-likeness (QED) is 0.696. The smallest absolute Gasteiger partial charge is 0.306 e. The summed E-state index contributed by atoms with van der Waals surface area (Å²) in [4.78, 5) is 18.1. The van der Waals surface area contributed by atoms with Gasteiger partial charge >= 0.3 is 5.69 Å². The van der Waals surface area contributed by atoms with E-state index >= 15 is 0 Å². The fourth-order valence-electron chi connectivity index (χ4n) is 5.50. The third-order valence-electron chi connectivity index (χ3n) is 7.05. The van der Waals surface area contributed by atoms with E-state index in [1.807, 2.05) is 28.8 Å². The van der Waals surface area contributed by atoms with Crippen molar-refractivity contribution in [3.05, 3.63) is 40.6 Å². The van der Waals surface area contributed by atoms with Gasteiger partial charge in [-0.3, -0.25) is 9.47 Å². The Bertz CT molecular complexity index is 1040. The van der Waals surface area contributed by atoms with Crippen molar-refractivity contribution in [3.63, 3.8) is 0 Å². The van der Waals surface area contributed by atoms with Crippen molar-refractivity contribution in [2.45, 2.75) is 76.4 Å². The summed E-state index contributed by atoms with van der Waals surface area (Å²) in [6, 6.07) is 8.89. The maximum atomic E-state index is 12.6. The maximum absolute atomic E-state index is 12.6. The predicted octanol–water partition coefficient (Wildman–Crippen LogP) is 3.61. The first-order valence-corrected chi connectivity index (χ1v) is 11.5. The molecule has 1 unspecified atom stereocenters. The van der Waals surface area contributed by atoms with E-state index in [0.29, 0.717) is 6.04 Å². The molecule has 8 heteroatoms. The standard InChI is InChI=1S/C22H31N7O/c1-2-19(21-24-25-26-29(21)17-8-4-3-5-9-17)27-14-12-16(13-15-27)28-20-11-7-6-10-18(20)23-22(28)30/h6-7,10-11,16-17,19H,2-5,8-9,12-15H2,1H3,(H,23,30). The van der Waals surface area contributed by atoms with E-state index in [4.69, 9.17) is 0 Å². The molecule has 3 heterocycles. The highest BCUT2D eigenvalue weighted by atomic mass is 16.1. The Morgan fingerprint density at radius 2 is 1.83 bits per heavy atom. The Labute approximate surface area is 176 Å².